The van der Waals surface area contributed by atoms with Crippen molar-refractivity contribution in [2.75, 3.05) is 0 Å². The van der Waals surface area contributed by atoms with E-state index in [0.717, 1.165) is 127 Å². The SMILES string of the molecule is c1ccc(-c2nc(B3c4ccccc4-c4cc5oc6ccccc6c5cc4-c4ccccc43)nc(-c3ccccc3)n2)cc1.c1ccc(-n2c3ccccc3c3cc(B4c5ccccc5-c5cc6oc7ccccc7c6cc5-c5ccccc54)ccc32)cc1.c1ccc2c(c1)B(c1cccc3c1oc1ccccc13)c1ccccc1-c1cc3c(cc1-2)oc1ccccc13. The number of hydrogen-bond donors (Lipinski definition) is 0. The summed E-state index contributed by atoms with van der Waals surface area (Å²) in [5.74, 6) is 1.32. The number of nitrogens with zero attached hydrogens (tertiary/aromatic N) is 4. The number of para-hydroxylation sites is 7. The molecular weight excluding hydrogens is 1560 g/mol. The Hall–Kier alpha value is -16.6. The molecule has 11 heteroatoms. The van der Waals surface area contributed by atoms with E-state index in [2.05, 4.69) is 362 Å². The molecule has 0 N–H and O–H groups in total. The molecule has 6 aromatic heterocycles. The first-order valence-electron chi connectivity index (χ1n) is 43.8. The normalized spacial score (nSPS) is 12.3. The van der Waals surface area contributed by atoms with Gasteiger partial charge in [-0.05, 0) is 157 Å². The van der Waals surface area contributed by atoms with Gasteiger partial charge in [-0.2, -0.15) is 0 Å². The minimum absolute atomic E-state index is 0.0112. The Bertz CT molecular complexity index is 8770. The third-order valence-corrected chi connectivity index (χ3v) is 26.7. The highest BCUT2D eigenvalue weighted by Crippen LogP contribution is 2.46. The van der Waals surface area contributed by atoms with Gasteiger partial charge in [-0.3, -0.25) is 0 Å². The van der Waals surface area contributed by atoms with E-state index in [-0.39, 0.29) is 20.1 Å². The van der Waals surface area contributed by atoms with Crippen LogP contribution in [0.15, 0.2) is 448 Å². The van der Waals surface area contributed by atoms with Gasteiger partial charge in [-0.15, -0.1) is 0 Å². The maximum absolute atomic E-state index is 6.57. The summed E-state index contributed by atoms with van der Waals surface area (Å²) in [6, 6.07) is 153. The van der Waals surface area contributed by atoms with Crippen LogP contribution in [0.25, 0.3) is 205 Å². The van der Waals surface area contributed by atoms with Gasteiger partial charge in [0.1, 0.15) is 50.4 Å². The third-order valence-electron chi connectivity index (χ3n) is 26.7. The second kappa shape index (κ2) is 29.6. The van der Waals surface area contributed by atoms with Gasteiger partial charge in [0.15, 0.2) is 11.6 Å². The van der Waals surface area contributed by atoms with Gasteiger partial charge >= 0.3 is 0 Å². The number of aromatic nitrogens is 4. The molecule has 0 fully saturated rings. The quantitative estimate of drug-likeness (QED) is 0.153. The third kappa shape index (κ3) is 11.7. The molecule has 9 heterocycles. The molecule has 8 nitrogen and oxygen atoms in total. The summed E-state index contributed by atoms with van der Waals surface area (Å²) in [6.45, 7) is -0.140. The summed E-state index contributed by atoms with van der Waals surface area (Å²) in [5, 5.41) is 11.7. The van der Waals surface area contributed by atoms with Crippen molar-refractivity contribution in [2.45, 2.75) is 0 Å². The van der Waals surface area contributed by atoms with Gasteiger partial charge < -0.3 is 22.2 Å². The molecule has 0 amide bonds. The Morgan fingerprint density at radius 1 is 0.188 bits per heavy atom. The maximum atomic E-state index is 6.57. The van der Waals surface area contributed by atoms with Crippen molar-refractivity contribution >= 4 is 179 Å². The first-order chi connectivity index (χ1) is 63.5. The lowest BCUT2D eigenvalue weighted by molar-refractivity contribution is 0.668. The first kappa shape index (κ1) is 73.0. The van der Waals surface area contributed by atoms with Crippen molar-refractivity contribution in [1.82, 2.24) is 19.5 Å². The van der Waals surface area contributed by atoms with E-state index in [9.17, 15) is 0 Å². The number of fused-ring (bicyclic) bond motifs is 30. The summed E-state index contributed by atoms with van der Waals surface area (Å²) < 4.78 is 28.1. The summed E-state index contributed by atoms with van der Waals surface area (Å²) >= 11 is 0. The molecule has 0 spiro atoms. The molecule has 3 aliphatic heterocycles. The monoisotopic (exact) mass is 1630 g/mol. The zero-order chi connectivity index (χ0) is 84.0. The van der Waals surface area contributed by atoms with Crippen molar-refractivity contribution in [3.8, 4) is 95.2 Å². The van der Waals surface area contributed by atoms with Crippen molar-refractivity contribution < 1.29 is 17.7 Å². The van der Waals surface area contributed by atoms with Crippen molar-refractivity contribution in [2.24, 2.45) is 0 Å². The highest BCUT2D eigenvalue weighted by molar-refractivity contribution is 6.99. The number of rotatable bonds is 6. The van der Waals surface area contributed by atoms with Crippen LogP contribution in [0.4, 0.5) is 0 Å². The molecule has 3 aliphatic rings. The lowest BCUT2D eigenvalue weighted by atomic mass is 9.35. The van der Waals surface area contributed by atoms with Crippen LogP contribution >= 0.6 is 0 Å². The topological polar surface area (TPSA) is 96.2 Å². The fraction of sp³-hybridized carbons (Fsp3) is 0. The Labute approximate surface area is 737 Å². The van der Waals surface area contributed by atoms with Crippen molar-refractivity contribution in [1.29, 1.82) is 0 Å². The van der Waals surface area contributed by atoms with Gasteiger partial charge in [0, 0.05) is 70.7 Å². The minimum atomic E-state index is -0.217. The lowest BCUT2D eigenvalue weighted by Gasteiger charge is -2.18. The van der Waals surface area contributed by atoms with Crippen LogP contribution in [-0.2, 0) is 0 Å². The van der Waals surface area contributed by atoms with Gasteiger partial charge in [0.2, 0.25) is 13.4 Å². The van der Waals surface area contributed by atoms with E-state index >= 15 is 0 Å². The molecule has 592 valence electrons. The Balaban J connectivity index is 0.000000102. The fourth-order valence-corrected chi connectivity index (χ4v) is 21.1. The highest BCUT2D eigenvalue weighted by atomic mass is 16.3. The van der Waals surface area contributed by atoms with Gasteiger partial charge in [-0.1, -0.05) is 384 Å². The smallest absolute Gasteiger partial charge is 0.291 e. The predicted octanol–water partition coefficient (Wildman–Crippen LogP) is 23.8. The molecule has 0 saturated heterocycles. The fourth-order valence-electron chi connectivity index (χ4n) is 21.1. The van der Waals surface area contributed by atoms with Crippen LogP contribution in [0.3, 0.4) is 0 Å². The van der Waals surface area contributed by atoms with Crippen LogP contribution in [0.5, 0.6) is 0 Å². The molecule has 0 aliphatic carbocycles. The van der Waals surface area contributed by atoms with Gasteiger partial charge in [0.25, 0.3) is 6.71 Å². The Kier molecular flexibility index (Phi) is 16.8. The van der Waals surface area contributed by atoms with Crippen LogP contribution in [-0.4, -0.2) is 39.7 Å². The second-order valence-corrected chi connectivity index (χ2v) is 33.7. The van der Waals surface area contributed by atoms with Gasteiger partial charge in [0.05, 0.1) is 11.0 Å². The predicted molar refractivity (Wildman–Crippen MR) is 533 cm³/mol. The van der Waals surface area contributed by atoms with Crippen molar-refractivity contribution in [3.63, 3.8) is 0 Å². The van der Waals surface area contributed by atoms with Crippen molar-refractivity contribution in [3.05, 3.63) is 431 Å². The average molecular weight is 1630 g/mol. The van der Waals surface area contributed by atoms with Crippen LogP contribution < -0.4 is 49.4 Å². The summed E-state index contributed by atoms with van der Waals surface area (Å²) in [5.41, 5.74) is 38.1. The van der Waals surface area contributed by atoms with E-state index in [0.29, 0.717) is 11.6 Å². The lowest BCUT2D eigenvalue weighted by Crippen LogP contribution is -2.55. The second-order valence-electron chi connectivity index (χ2n) is 33.7. The van der Waals surface area contributed by atoms with Gasteiger partial charge in [-0.25, -0.2) is 15.0 Å². The Morgan fingerprint density at radius 2 is 0.508 bits per heavy atom. The van der Waals surface area contributed by atoms with E-state index in [1.54, 1.807) is 0 Å². The molecule has 0 unspecified atom stereocenters. The van der Waals surface area contributed by atoms with Crippen LogP contribution in [0.1, 0.15) is 0 Å². The summed E-state index contributed by atoms with van der Waals surface area (Å²) in [7, 11) is 0. The largest absolute Gasteiger partial charge is 0.457 e. The molecule has 28 rings (SSSR count). The first-order valence-corrected chi connectivity index (χ1v) is 43.8. The molecular formula is C117H71B3N4O4. The van der Waals surface area contributed by atoms with Crippen LogP contribution in [0.2, 0.25) is 0 Å². The zero-order valence-corrected chi connectivity index (χ0v) is 69.1. The average Bonchev–Trinajstić information content (AvgIpc) is 1.58. The molecule has 25 aromatic rings. The summed E-state index contributed by atoms with van der Waals surface area (Å²) in [4.78, 5) is 15.4. The number of benzene rings is 19. The molecule has 0 atom stereocenters. The van der Waals surface area contributed by atoms with E-state index in [4.69, 9.17) is 32.6 Å². The maximum Gasteiger partial charge on any atom is 0.291 e. The Morgan fingerprint density at radius 3 is 0.945 bits per heavy atom. The summed E-state index contributed by atoms with van der Waals surface area (Å²) in [6.07, 6.45) is 0. The molecule has 0 bridgehead atoms. The molecule has 0 saturated carbocycles. The molecule has 128 heavy (non-hydrogen) atoms. The van der Waals surface area contributed by atoms with E-state index < -0.39 is 0 Å². The zero-order valence-electron chi connectivity index (χ0n) is 69.1. The van der Waals surface area contributed by atoms with E-state index in [1.807, 2.05) is 72.8 Å². The number of furan rings is 4. The minimum Gasteiger partial charge on any atom is -0.457 e. The molecule has 0 radical (unpaired) electrons. The highest BCUT2D eigenvalue weighted by Gasteiger charge is 2.39. The van der Waals surface area contributed by atoms with Crippen LogP contribution in [0, 0.1) is 0 Å². The standard InChI is InChI=1S/C42H26BNO.C39H24BN3O.C36H21BO2/c1-2-12-28(13-3-1)44-39-20-10-6-16-31(39)35-24-27(22-23-40(35)44)43-37-18-8-4-14-29(37)33-25-36-32-17-7-11-21-41(32)45-42(36)26-34(33)30-15-5-9-19-38(30)43;1-3-13-25(14-4-1)37-41-38(26-15-5-2-6-16-26)43-39(42-37)40-33-20-10-7-17-27(33)30-23-32-29-19-9-12-22-35(29)44-36(32)24-31(30)28-18-8-11-21-34(28)40;1-5-15-30-22(10-1)27-20-29-25-13-4-7-18-33(25)38-35(29)21-28(27)23-11-2-6-16-31(23)37(30)32-17-9-14-26-24-12-3-8-19-34(24)39-36(26)32/h1-26H;1-24H;1-21H. The van der Waals surface area contributed by atoms with E-state index in [1.165, 1.54) is 116 Å². The number of hydrogen-bond acceptors (Lipinski definition) is 7. The molecule has 19 aromatic carbocycles.